The fraction of sp³-hybridized carbons (Fsp3) is 0.857. The fourth-order valence-electron chi connectivity index (χ4n) is 1.10. The number of rotatable bonds is 3. The normalized spacial score (nSPS) is 22.8. The molecular weight excluding hydrogens is 250 g/mol. The number of ether oxygens (including phenoxy) is 2. The van der Waals surface area contributed by atoms with Gasteiger partial charge in [-0.1, -0.05) is 0 Å². The van der Waals surface area contributed by atoms with Gasteiger partial charge in [-0.05, 0) is 12.8 Å². The molecule has 1 heterocycles. The Labute approximate surface area is 90.3 Å². The third-order valence-electron chi connectivity index (χ3n) is 1.94. The molecule has 0 aromatic carbocycles. The van der Waals surface area contributed by atoms with Gasteiger partial charge in [0.25, 0.3) is 0 Å². The van der Waals surface area contributed by atoms with E-state index in [-0.39, 0.29) is 13.0 Å². The van der Waals surface area contributed by atoms with Crippen molar-refractivity contribution in [3.05, 3.63) is 0 Å². The summed E-state index contributed by atoms with van der Waals surface area (Å²) in [5.74, 6) is -2.33. The molecule has 1 unspecified atom stereocenters. The minimum Gasteiger partial charge on any atom is -0.430 e. The Balaban J connectivity index is 2.64. The first-order valence-corrected chi connectivity index (χ1v) is 5.86. The van der Waals surface area contributed by atoms with E-state index in [2.05, 4.69) is 4.74 Å². The molecule has 1 aliphatic heterocycles. The van der Waals surface area contributed by atoms with Gasteiger partial charge >= 0.3 is 21.3 Å². The van der Waals surface area contributed by atoms with Crippen LogP contribution in [0.15, 0.2) is 0 Å². The Morgan fingerprint density at radius 2 is 2.06 bits per heavy atom. The van der Waals surface area contributed by atoms with E-state index >= 15 is 0 Å². The summed E-state index contributed by atoms with van der Waals surface area (Å²) in [5, 5.41) is -4.96. The molecule has 0 saturated carbocycles. The Bertz CT molecular complexity index is 359. The molecule has 1 rings (SSSR count). The maximum absolute atomic E-state index is 12.7. The smallest absolute Gasteiger partial charge is 0.430 e. The van der Waals surface area contributed by atoms with Crippen LogP contribution in [0.25, 0.3) is 0 Å². The van der Waals surface area contributed by atoms with Crippen LogP contribution in [0.2, 0.25) is 0 Å². The molecule has 6 nitrogen and oxygen atoms in total. The Morgan fingerprint density at radius 1 is 1.44 bits per heavy atom. The summed E-state index contributed by atoms with van der Waals surface area (Å²) in [5.41, 5.74) is 0. The van der Waals surface area contributed by atoms with Crippen LogP contribution in [0.3, 0.4) is 0 Å². The van der Waals surface area contributed by atoms with Crippen molar-refractivity contribution in [2.75, 3.05) is 6.61 Å². The average molecular weight is 260 g/mol. The van der Waals surface area contributed by atoms with Crippen LogP contribution >= 0.6 is 0 Å². The number of carbonyl (C=O) groups is 1. The quantitative estimate of drug-likeness (QED) is 0.588. The van der Waals surface area contributed by atoms with E-state index in [0.29, 0.717) is 12.8 Å². The summed E-state index contributed by atoms with van der Waals surface area (Å²) in [6, 6.07) is 0. The maximum atomic E-state index is 12.7. The zero-order chi connectivity index (χ0) is 12.4. The molecule has 0 aromatic rings. The average Bonchev–Trinajstić information content (AvgIpc) is 2.17. The lowest BCUT2D eigenvalue weighted by molar-refractivity contribution is -0.201. The molecule has 0 bridgehead atoms. The topological polar surface area (TPSA) is 89.9 Å². The summed E-state index contributed by atoms with van der Waals surface area (Å²) in [6.07, 6.45) is 0.361. The van der Waals surface area contributed by atoms with Gasteiger partial charge in [0.1, 0.15) is 0 Å². The van der Waals surface area contributed by atoms with Gasteiger partial charge in [-0.15, -0.1) is 0 Å². The van der Waals surface area contributed by atoms with Gasteiger partial charge in [-0.2, -0.15) is 17.2 Å². The van der Waals surface area contributed by atoms with Crippen molar-refractivity contribution in [1.29, 1.82) is 0 Å². The predicted octanol–water partition coefficient (Wildman–Crippen LogP) is 0.537. The van der Waals surface area contributed by atoms with Crippen molar-refractivity contribution in [2.24, 2.45) is 0 Å². The molecule has 9 heteroatoms. The van der Waals surface area contributed by atoms with Gasteiger partial charge in [-0.3, -0.25) is 4.55 Å². The van der Waals surface area contributed by atoms with Crippen molar-refractivity contribution in [3.63, 3.8) is 0 Å². The van der Waals surface area contributed by atoms with Gasteiger partial charge in [0.2, 0.25) is 6.29 Å². The second-order valence-corrected chi connectivity index (χ2v) is 4.66. The standard InChI is InChI=1S/C7H10F2O6S/c8-7(9,16(11,12)13)6(10)15-5-3-1-2-4-14-5/h5H,1-4H2,(H,11,12,13). The van der Waals surface area contributed by atoms with Crippen LogP contribution in [-0.2, 0) is 24.4 Å². The van der Waals surface area contributed by atoms with Crippen LogP contribution in [0.4, 0.5) is 8.78 Å². The molecular formula is C7H10F2O6S. The molecule has 0 aromatic heterocycles. The number of hydrogen-bond donors (Lipinski definition) is 1. The zero-order valence-electron chi connectivity index (χ0n) is 8.06. The number of alkyl halides is 2. The van der Waals surface area contributed by atoms with E-state index in [1.54, 1.807) is 0 Å². The van der Waals surface area contributed by atoms with Crippen LogP contribution < -0.4 is 0 Å². The van der Waals surface area contributed by atoms with Gasteiger partial charge in [0.05, 0.1) is 6.61 Å². The van der Waals surface area contributed by atoms with Gasteiger partial charge in [0, 0.05) is 6.42 Å². The second-order valence-electron chi connectivity index (χ2n) is 3.19. The molecule has 1 saturated heterocycles. The van der Waals surface area contributed by atoms with Crippen molar-refractivity contribution in [2.45, 2.75) is 30.8 Å². The number of carbonyl (C=O) groups excluding carboxylic acids is 1. The third kappa shape index (κ3) is 2.86. The number of hydrogen-bond acceptors (Lipinski definition) is 5. The minimum atomic E-state index is -5.82. The highest BCUT2D eigenvalue weighted by Gasteiger charge is 2.54. The van der Waals surface area contributed by atoms with Gasteiger partial charge in [-0.25, -0.2) is 4.79 Å². The molecule has 0 radical (unpaired) electrons. The van der Waals surface area contributed by atoms with E-state index in [0.717, 1.165) is 0 Å². The molecule has 1 N–H and O–H groups in total. The highest BCUT2D eigenvalue weighted by Crippen LogP contribution is 2.24. The monoisotopic (exact) mass is 260 g/mol. The van der Waals surface area contributed by atoms with E-state index in [4.69, 9.17) is 9.29 Å². The van der Waals surface area contributed by atoms with Crippen LogP contribution in [0, 0.1) is 0 Å². The zero-order valence-corrected chi connectivity index (χ0v) is 8.87. The molecule has 1 fully saturated rings. The predicted molar refractivity (Wildman–Crippen MR) is 46.2 cm³/mol. The number of esters is 1. The van der Waals surface area contributed by atoms with E-state index < -0.39 is 27.6 Å². The lowest BCUT2D eigenvalue weighted by Crippen LogP contribution is -2.41. The van der Waals surface area contributed by atoms with Crippen molar-refractivity contribution in [3.8, 4) is 0 Å². The van der Waals surface area contributed by atoms with Crippen LogP contribution in [0.5, 0.6) is 0 Å². The molecule has 1 aliphatic rings. The SMILES string of the molecule is O=C(OC1CCCCO1)C(F)(F)S(=O)(=O)O. The molecule has 0 spiro atoms. The van der Waals surface area contributed by atoms with E-state index in [9.17, 15) is 22.0 Å². The molecule has 16 heavy (non-hydrogen) atoms. The summed E-state index contributed by atoms with van der Waals surface area (Å²) in [6.45, 7) is 0.245. The Morgan fingerprint density at radius 3 is 2.50 bits per heavy atom. The first kappa shape index (κ1) is 13.3. The number of halogens is 2. The summed E-state index contributed by atoms with van der Waals surface area (Å²) in [7, 11) is -5.82. The lowest BCUT2D eigenvalue weighted by Gasteiger charge is -2.23. The fourth-order valence-corrected chi connectivity index (χ4v) is 1.36. The molecule has 0 aliphatic carbocycles. The van der Waals surface area contributed by atoms with Crippen molar-refractivity contribution < 1.29 is 36.0 Å². The lowest BCUT2D eigenvalue weighted by atomic mass is 10.2. The van der Waals surface area contributed by atoms with E-state index in [1.807, 2.05) is 0 Å². The Hall–Kier alpha value is -0.800. The van der Waals surface area contributed by atoms with Crippen LogP contribution in [-0.4, -0.2) is 37.1 Å². The first-order chi connectivity index (χ1) is 7.25. The summed E-state index contributed by atoms with van der Waals surface area (Å²) < 4.78 is 62.9. The van der Waals surface area contributed by atoms with Crippen LogP contribution in [0.1, 0.15) is 19.3 Å². The maximum Gasteiger partial charge on any atom is 0.465 e. The summed E-state index contributed by atoms with van der Waals surface area (Å²) in [4.78, 5) is 10.8. The molecule has 0 amide bonds. The minimum absolute atomic E-state index is 0.216. The highest BCUT2D eigenvalue weighted by atomic mass is 32.2. The molecule has 1 atom stereocenters. The Kier molecular flexibility index (Phi) is 3.81. The molecule has 94 valence electrons. The summed E-state index contributed by atoms with van der Waals surface area (Å²) >= 11 is 0. The highest BCUT2D eigenvalue weighted by molar-refractivity contribution is 7.87. The van der Waals surface area contributed by atoms with Crippen molar-refractivity contribution in [1.82, 2.24) is 0 Å². The first-order valence-electron chi connectivity index (χ1n) is 4.42. The third-order valence-corrected chi connectivity index (χ3v) is 2.75. The largest absolute Gasteiger partial charge is 0.465 e. The van der Waals surface area contributed by atoms with E-state index in [1.165, 1.54) is 0 Å². The second kappa shape index (κ2) is 4.60. The van der Waals surface area contributed by atoms with Gasteiger partial charge < -0.3 is 9.47 Å². The van der Waals surface area contributed by atoms with Crippen molar-refractivity contribution >= 4 is 16.1 Å². The van der Waals surface area contributed by atoms with Gasteiger partial charge in [0.15, 0.2) is 0 Å².